The summed E-state index contributed by atoms with van der Waals surface area (Å²) in [4.78, 5) is 28.7. The Kier molecular flexibility index (Phi) is 5.83. The molecule has 0 atom stereocenters. The lowest BCUT2D eigenvalue weighted by molar-refractivity contribution is -0.130. The molecule has 0 spiro atoms. The molecule has 0 N–H and O–H groups in total. The molecular weight excluding hydrogens is 366 g/mol. The highest BCUT2D eigenvalue weighted by Crippen LogP contribution is 2.23. The SMILES string of the molecule is COc1ccccc1CC(=O)N1CCN(c2nc(C)cc(N3CCCC3)n2)CC1. The first-order valence-electron chi connectivity index (χ1n) is 10.4. The van der Waals surface area contributed by atoms with E-state index in [4.69, 9.17) is 9.72 Å². The van der Waals surface area contributed by atoms with Crippen molar-refractivity contribution in [2.45, 2.75) is 26.2 Å². The zero-order valence-electron chi connectivity index (χ0n) is 17.3. The topological polar surface area (TPSA) is 61.8 Å². The van der Waals surface area contributed by atoms with Crippen LogP contribution in [0.5, 0.6) is 5.75 Å². The van der Waals surface area contributed by atoms with E-state index in [0.29, 0.717) is 19.5 Å². The Morgan fingerprint density at radius 1 is 1.00 bits per heavy atom. The molecule has 3 heterocycles. The molecule has 0 aliphatic carbocycles. The van der Waals surface area contributed by atoms with Gasteiger partial charge in [0.2, 0.25) is 11.9 Å². The van der Waals surface area contributed by atoms with Crippen LogP contribution >= 0.6 is 0 Å². The zero-order chi connectivity index (χ0) is 20.2. The Bertz CT molecular complexity index is 858. The van der Waals surface area contributed by atoms with Crippen molar-refractivity contribution in [2.75, 3.05) is 56.2 Å². The number of carbonyl (C=O) groups is 1. The van der Waals surface area contributed by atoms with Crippen LogP contribution in [0, 0.1) is 6.92 Å². The number of ether oxygens (including phenoxy) is 1. The molecule has 7 nitrogen and oxygen atoms in total. The van der Waals surface area contributed by atoms with Crippen LogP contribution in [0.15, 0.2) is 30.3 Å². The molecule has 1 aromatic carbocycles. The van der Waals surface area contributed by atoms with E-state index in [1.807, 2.05) is 36.1 Å². The Morgan fingerprint density at radius 3 is 2.45 bits per heavy atom. The highest BCUT2D eigenvalue weighted by atomic mass is 16.5. The van der Waals surface area contributed by atoms with E-state index in [1.54, 1.807) is 7.11 Å². The second-order valence-corrected chi connectivity index (χ2v) is 7.72. The van der Waals surface area contributed by atoms with Crippen molar-refractivity contribution in [1.82, 2.24) is 14.9 Å². The van der Waals surface area contributed by atoms with Crippen LogP contribution in [0.3, 0.4) is 0 Å². The molecule has 7 heteroatoms. The Hall–Kier alpha value is -2.83. The second kappa shape index (κ2) is 8.68. The average molecular weight is 396 g/mol. The standard InChI is InChI=1S/C22H29N5O2/c1-17-15-20(25-9-5-6-10-25)24-22(23-17)27-13-11-26(12-14-27)21(28)16-18-7-3-4-8-19(18)29-2/h3-4,7-8,15H,5-6,9-14,16H2,1-2H3. The van der Waals surface area contributed by atoms with Gasteiger partial charge < -0.3 is 19.4 Å². The summed E-state index contributed by atoms with van der Waals surface area (Å²) in [5, 5.41) is 0. The number of nitrogens with zero attached hydrogens (tertiary/aromatic N) is 5. The molecule has 1 amide bonds. The summed E-state index contributed by atoms with van der Waals surface area (Å²) in [6.45, 7) is 7.04. The van der Waals surface area contributed by atoms with Crippen LogP contribution in [0.2, 0.25) is 0 Å². The Morgan fingerprint density at radius 2 is 1.72 bits per heavy atom. The fourth-order valence-electron chi connectivity index (χ4n) is 4.07. The lowest BCUT2D eigenvalue weighted by Crippen LogP contribution is -2.49. The van der Waals surface area contributed by atoms with Crippen molar-refractivity contribution in [1.29, 1.82) is 0 Å². The van der Waals surface area contributed by atoms with E-state index in [2.05, 4.69) is 20.9 Å². The van der Waals surface area contributed by atoms with Gasteiger partial charge >= 0.3 is 0 Å². The van der Waals surface area contributed by atoms with E-state index in [-0.39, 0.29) is 5.91 Å². The smallest absolute Gasteiger partial charge is 0.227 e. The molecule has 0 bridgehead atoms. The van der Waals surface area contributed by atoms with Gasteiger partial charge in [-0.2, -0.15) is 4.98 Å². The first kappa shape index (κ1) is 19.5. The van der Waals surface area contributed by atoms with Gasteiger partial charge in [-0.25, -0.2) is 4.98 Å². The fourth-order valence-corrected chi connectivity index (χ4v) is 4.07. The van der Waals surface area contributed by atoms with Crippen LogP contribution < -0.4 is 14.5 Å². The fraction of sp³-hybridized carbons (Fsp3) is 0.500. The summed E-state index contributed by atoms with van der Waals surface area (Å²) < 4.78 is 5.37. The summed E-state index contributed by atoms with van der Waals surface area (Å²) >= 11 is 0. The predicted molar refractivity (Wildman–Crippen MR) is 114 cm³/mol. The molecular formula is C22H29N5O2. The molecule has 0 saturated carbocycles. The highest BCUT2D eigenvalue weighted by Gasteiger charge is 2.24. The quantitative estimate of drug-likeness (QED) is 0.774. The van der Waals surface area contributed by atoms with Crippen molar-refractivity contribution in [3.8, 4) is 5.75 Å². The van der Waals surface area contributed by atoms with Gasteiger partial charge in [0.1, 0.15) is 11.6 Å². The molecule has 4 rings (SSSR count). The van der Waals surface area contributed by atoms with Crippen molar-refractivity contribution < 1.29 is 9.53 Å². The van der Waals surface area contributed by atoms with Gasteiger partial charge in [0.15, 0.2) is 0 Å². The van der Waals surface area contributed by atoms with E-state index in [1.165, 1.54) is 12.8 Å². The summed E-state index contributed by atoms with van der Waals surface area (Å²) in [6, 6.07) is 9.78. The number of aromatic nitrogens is 2. The first-order valence-corrected chi connectivity index (χ1v) is 10.4. The zero-order valence-corrected chi connectivity index (χ0v) is 17.3. The molecule has 2 fully saturated rings. The van der Waals surface area contributed by atoms with E-state index < -0.39 is 0 Å². The van der Waals surface area contributed by atoms with Gasteiger partial charge in [-0.05, 0) is 25.8 Å². The normalized spacial score (nSPS) is 17.0. The maximum Gasteiger partial charge on any atom is 0.227 e. The molecule has 2 aliphatic heterocycles. The maximum atomic E-state index is 12.8. The molecule has 29 heavy (non-hydrogen) atoms. The summed E-state index contributed by atoms with van der Waals surface area (Å²) in [5.74, 6) is 2.71. The lowest BCUT2D eigenvalue weighted by Gasteiger charge is -2.35. The number of methoxy groups -OCH3 is 1. The van der Waals surface area contributed by atoms with E-state index in [0.717, 1.165) is 55.0 Å². The number of carbonyl (C=O) groups excluding carboxylic acids is 1. The summed E-state index contributed by atoms with van der Waals surface area (Å²) in [6.07, 6.45) is 2.82. The highest BCUT2D eigenvalue weighted by molar-refractivity contribution is 5.79. The van der Waals surface area contributed by atoms with Crippen LogP contribution in [0.1, 0.15) is 24.1 Å². The van der Waals surface area contributed by atoms with Gasteiger partial charge in [-0.1, -0.05) is 18.2 Å². The summed E-state index contributed by atoms with van der Waals surface area (Å²) in [7, 11) is 1.64. The predicted octanol–water partition coefficient (Wildman–Crippen LogP) is 2.29. The number of piperazine rings is 1. The number of rotatable bonds is 5. The lowest BCUT2D eigenvalue weighted by atomic mass is 10.1. The van der Waals surface area contributed by atoms with Crippen LogP contribution in [-0.2, 0) is 11.2 Å². The Balaban J connectivity index is 1.38. The number of aryl methyl sites for hydroxylation is 1. The number of para-hydroxylation sites is 1. The van der Waals surface area contributed by atoms with Crippen LogP contribution in [0.25, 0.3) is 0 Å². The Labute approximate surface area is 172 Å². The minimum absolute atomic E-state index is 0.136. The third-order valence-electron chi connectivity index (χ3n) is 5.71. The van der Waals surface area contributed by atoms with Gasteiger partial charge in [0.25, 0.3) is 0 Å². The van der Waals surface area contributed by atoms with Gasteiger partial charge in [0, 0.05) is 56.6 Å². The molecule has 0 unspecified atom stereocenters. The molecule has 2 aliphatic rings. The largest absolute Gasteiger partial charge is 0.496 e. The third kappa shape index (κ3) is 4.44. The minimum atomic E-state index is 0.136. The monoisotopic (exact) mass is 395 g/mol. The number of hydrogen-bond acceptors (Lipinski definition) is 6. The van der Waals surface area contributed by atoms with Crippen molar-refractivity contribution >= 4 is 17.7 Å². The van der Waals surface area contributed by atoms with Crippen LogP contribution in [-0.4, -0.2) is 67.2 Å². The maximum absolute atomic E-state index is 12.8. The number of anilines is 2. The van der Waals surface area contributed by atoms with Gasteiger partial charge in [0.05, 0.1) is 13.5 Å². The molecule has 1 aromatic heterocycles. The average Bonchev–Trinajstić information content (AvgIpc) is 3.29. The number of amides is 1. The molecule has 2 aromatic rings. The van der Waals surface area contributed by atoms with Gasteiger partial charge in [-0.3, -0.25) is 4.79 Å². The van der Waals surface area contributed by atoms with Crippen LogP contribution in [0.4, 0.5) is 11.8 Å². The molecule has 0 radical (unpaired) electrons. The second-order valence-electron chi connectivity index (χ2n) is 7.72. The number of benzene rings is 1. The first-order chi connectivity index (χ1) is 14.1. The number of hydrogen-bond donors (Lipinski definition) is 0. The van der Waals surface area contributed by atoms with E-state index in [9.17, 15) is 4.79 Å². The molecule has 2 saturated heterocycles. The minimum Gasteiger partial charge on any atom is -0.496 e. The summed E-state index contributed by atoms with van der Waals surface area (Å²) in [5.41, 5.74) is 1.92. The van der Waals surface area contributed by atoms with Crippen molar-refractivity contribution in [3.63, 3.8) is 0 Å². The molecule has 154 valence electrons. The van der Waals surface area contributed by atoms with Crippen molar-refractivity contribution in [3.05, 3.63) is 41.6 Å². The van der Waals surface area contributed by atoms with Gasteiger partial charge in [-0.15, -0.1) is 0 Å². The third-order valence-corrected chi connectivity index (χ3v) is 5.71. The van der Waals surface area contributed by atoms with Crippen molar-refractivity contribution in [2.24, 2.45) is 0 Å². The van der Waals surface area contributed by atoms with E-state index >= 15 is 0 Å².